The predicted octanol–water partition coefficient (Wildman–Crippen LogP) is 3.00. The largest absolute Gasteiger partial charge is 0.492 e. The Hall–Kier alpha value is -2.62. The number of aryl methyl sites for hydroxylation is 2. The first-order valence-electron chi connectivity index (χ1n) is 9.52. The van der Waals surface area contributed by atoms with Gasteiger partial charge < -0.3 is 20.1 Å². The molecule has 0 spiro atoms. The van der Waals surface area contributed by atoms with Crippen LogP contribution in [-0.4, -0.2) is 44.5 Å². The molecule has 162 valence electrons. The van der Waals surface area contributed by atoms with Gasteiger partial charge in [0.05, 0.1) is 18.0 Å². The maximum Gasteiger partial charge on any atom is 0.229 e. The molecule has 1 aromatic heterocycles. The molecule has 0 aliphatic heterocycles. The number of aliphatic hydroxyl groups excluding tert-OH is 1. The molecule has 1 atom stereocenters. The third-order valence-electron chi connectivity index (χ3n) is 4.84. The molecule has 1 heterocycles. The Balaban J connectivity index is 1.49. The van der Waals surface area contributed by atoms with E-state index in [4.69, 9.17) is 4.74 Å². The van der Waals surface area contributed by atoms with E-state index in [1.807, 2.05) is 25.1 Å². The minimum atomic E-state index is -3.61. The number of fused-ring (bicyclic) bond motifs is 1. The Morgan fingerprint density at radius 1 is 1.20 bits per heavy atom. The summed E-state index contributed by atoms with van der Waals surface area (Å²) < 4.78 is 44.2. The second-order valence-corrected chi connectivity index (χ2v) is 9.01. The number of aromatic amines is 1. The maximum atomic E-state index is 13.8. The molecule has 0 saturated heterocycles. The van der Waals surface area contributed by atoms with Crippen molar-refractivity contribution in [3.8, 4) is 5.75 Å². The van der Waals surface area contributed by atoms with Gasteiger partial charge in [-0.15, -0.1) is 0 Å². The van der Waals surface area contributed by atoms with Crippen LogP contribution >= 0.6 is 0 Å². The Labute approximate surface area is 175 Å². The smallest absolute Gasteiger partial charge is 0.229 e. The molecule has 0 saturated carbocycles. The van der Waals surface area contributed by atoms with Crippen molar-refractivity contribution in [1.82, 2.24) is 10.3 Å². The molecule has 3 rings (SSSR count). The lowest BCUT2D eigenvalue weighted by molar-refractivity contribution is 0.172. The average Bonchev–Trinajstić information content (AvgIpc) is 2.95. The van der Waals surface area contributed by atoms with Crippen molar-refractivity contribution in [3.63, 3.8) is 0 Å². The molecule has 0 bridgehead atoms. The summed E-state index contributed by atoms with van der Waals surface area (Å²) in [7, 11) is -3.61. The van der Waals surface area contributed by atoms with Gasteiger partial charge in [-0.3, -0.25) is 4.72 Å². The van der Waals surface area contributed by atoms with E-state index in [1.165, 1.54) is 23.1 Å². The number of H-pyrrole nitrogens is 1. The molecule has 30 heavy (non-hydrogen) atoms. The number of rotatable bonds is 9. The lowest BCUT2D eigenvalue weighted by Crippen LogP contribution is -2.26. The molecule has 0 aliphatic rings. The van der Waals surface area contributed by atoms with Crippen molar-refractivity contribution in [2.24, 2.45) is 0 Å². The van der Waals surface area contributed by atoms with Gasteiger partial charge in [0.2, 0.25) is 10.0 Å². The first-order valence-corrected chi connectivity index (χ1v) is 11.4. The first-order chi connectivity index (χ1) is 14.1. The summed E-state index contributed by atoms with van der Waals surface area (Å²) in [5, 5.41) is 14.5. The van der Waals surface area contributed by atoms with Crippen LogP contribution < -0.4 is 14.8 Å². The fraction of sp³-hybridized carbons (Fsp3) is 0.333. The van der Waals surface area contributed by atoms with Gasteiger partial charge in [-0.05, 0) is 49.2 Å². The monoisotopic (exact) mass is 435 g/mol. The van der Waals surface area contributed by atoms with E-state index in [2.05, 4.69) is 21.9 Å². The van der Waals surface area contributed by atoms with Crippen molar-refractivity contribution in [1.29, 1.82) is 0 Å². The second-order valence-electron chi connectivity index (χ2n) is 7.26. The Bertz CT molecular complexity index is 1140. The van der Waals surface area contributed by atoms with E-state index in [0.717, 1.165) is 29.3 Å². The lowest BCUT2D eigenvalue weighted by atomic mass is 10.1. The van der Waals surface area contributed by atoms with Crippen LogP contribution in [0.15, 0.2) is 36.4 Å². The molecular weight excluding hydrogens is 409 g/mol. The standard InChI is InChI=1S/C21H26FN3O4S/c1-13-14(2)24-19-11-16(5-6-17(13)19)29-9-8-23-12-21(26)15-4-7-18(22)20(10-15)25-30(3,27)28/h4-7,10-11,21,23-26H,8-9,12H2,1-3H3. The SMILES string of the molecule is Cc1[nH]c2cc(OCCNCC(O)c3ccc(F)c(NS(C)(=O)=O)c3)ccc2c1C. The van der Waals surface area contributed by atoms with Crippen LogP contribution in [0.3, 0.4) is 0 Å². The Kier molecular flexibility index (Phi) is 6.64. The molecular formula is C21H26FN3O4S. The highest BCUT2D eigenvalue weighted by Crippen LogP contribution is 2.25. The number of benzene rings is 2. The quantitative estimate of drug-likeness (QED) is 0.387. The highest BCUT2D eigenvalue weighted by atomic mass is 32.2. The Morgan fingerprint density at radius 3 is 2.70 bits per heavy atom. The Morgan fingerprint density at radius 2 is 1.97 bits per heavy atom. The number of hydrogen-bond donors (Lipinski definition) is 4. The van der Waals surface area contributed by atoms with Gasteiger partial charge in [0.15, 0.2) is 0 Å². The van der Waals surface area contributed by atoms with Gasteiger partial charge in [-0.2, -0.15) is 0 Å². The molecule has 7 nitrogen and oxygen atoms in total. The normalized spacial score (nSPS) is 12.8. The fourth-order valence-electron chi connectivity index (χ4n) is 3.17. The number of nitrogens with one attached hydrogen (secondary N) is 3. The van der Waals surface area contributed by atoms with Crippen molar-refractivity contribution < 1.29 is 22.7 Å². The summed E-state index contributed by atoms with van der Waals surface area (Å²) in [4.78, 5) is 3.33. The summed E-state index contributed by atoms with van der Waals surface area (Å²) in [6.45, 7) is 5.22. The van der Waals surface area contributed by atoms with E-state index in [9.17, 15) is 17.9 Å². The van der Waals surface area contributed by atoms with E-state index >= 15 is 0 Å². The molecule has 0 fully saturated rings. The summed E-state index contributed by atoms with van der Waals surface area (Å²) in [6, 6.07) is 9.73. The van der Waals surface area contributed by atoms with Crippen LogP contribution in [-0.2, 0) is 10.0 Å². The van der Waals surface area contributed by atoms with Crippen molar-refractivity contribution in [2.45, 2.75) is 20.0 Å². The number of aliphatic hydroxyl groups is 1. The number of ether oxygens (including phenoxy) is 1. The summed E-state index contributed by atoms with van der Waals surface area (Å²) >= 11 is 0. The molecule has 3 aromatic rings. The van der Waals surface area contributed by atoms with Crippen LogP contribution in [0.5, 0.6) is 5.75 Å². The third-order valence-corrected chi connectivity index (χ3v) is 5.43. The number of sulfonamides is 1. The van der Waals surface area contributed by atoms with Gasteiger partial charge in [-0.1, -0.05) is 6.07 Å². The van der Waals surface area contributed by atoms with Crippen LogP contribution in [0.2, 0.25) is 0 Å². The van der Waals surface area contributed by atoms with E-state index in [-0.39, 0.29) is 12.2 Å². The van der Waals surface area contributed by atoms with E-state index in [1.54, 1.807) is 0 Å². The van der Waals surface area contributed by atoms with E-state index < -0.39 is 21.9 Å². The average molecular weight is 436 g/mol. The van der Waals surface area contributed by atoms with Gasteiger partial charge in [0.1, 0.15) is 18.2 Å². The number of halogens is 1. The highest BCUT2D eigenvalue weighted by Gasteiger charge is 2.13. The fourth-order valence-corrected chi connectivity index (χ4v) is 3.72. The second kappa shape index (κ2) is 9.03. The molecule has 0 radical (unpaired) electrons. The molecule has 4 N–H and O–H groups in total. The van der Waals surface area contributed by atoms with Gasteiger partial charge in [0.25, 0.3) is 0 Å². The molecule has 9 heteroatoms. The summed E-state index contributed by atoms with van der Waals surface area (Å²) in [6.07, 6.45) is 0.0134. The zero-order valence-electron chi connectivity index (χ0n) is 17.1. The minimum Gasteiger partial charge on any atom is -0.492 e. The topological polar surface area (TPSA) is 103 Å². The molecule has 0 aliphatic carbocycles. The summed E-state index contributed by atoms with van der Waals surface area (Å²) in [5.74, 6) is 0.0447. The van der Waals surface area contributed by atoms with Gasteiger partial charge in [0, 0.05) is 35.8 Å². The predicted molar refractivity (Wildman–Crippen MR) is 116 cm³/mol. The van der Waals surface area contributed by atoms with Crippen LogP contribution in [0.25, 0.3) is 10.9 Å². The molecule has 2 aromatic carbocycles. The molecule has 1 unspecified atom stereocenters. The minimum absolute atomic E-state index is 0.192. The van der Waals surface area contributed by atoms with Crippen molar-refractivity contribution >= 4 is 26.6 Å². The zero-order chi connectivity index (χ0) is 21.9. The van der Waals surface area contributed by atoms with Gasteiger partial charge in [-0.25, -0.2) is 12.8 Å². The number of anilines is 1. The van der Waals surface area contributed by atoms with Crippen LogP contribution in [0.4, 0.5) is 10.1 Å². The highest BCUT2D eigenvalue weighted by molar-refractivity contribution is 7.92. The number of aromatic nitrogens is 1. The van der Waals surface area contributed by atoms with Crippen LogP contribution in [0.1, 0.15) is 22.9 Å². The molecule has 0 amide bonds. The summed E-state index contributed by atoms with van der Waals surface area (Å²) in [5.41, 5.74) is 3.60. The zero-order valence-corrected chi connectivity index (χ0v) is 17.9. The number of hydrogen-bond acceptors (Lipinski definition) is 5. The van der Waals surface area contributed by atoms with Crippen LogP contribution in [0, 0.1) is 19.7 Å². The van der Waals surface area contributed by atoms with Crippen molar-refractivity contribution in [3.05, 3.63) is 59.0 Å². The maximum absolute atomic E-state index is 13.8. The third kappa shape index (κ3) is 5.50. The first kappa shape index (κ1) is 22.1. The lowest BCUT2D eigenvalue weighted by Gasteiger charge is -2.14. The van der Waals surface area contributed by atoms with E-state index in [0.29, 0.717) is 18.7 Å². The van der Waals surface area contributed by atoms with Gasteiger partial charge >= 0.3 is 0 Å². The van der Waals surface area contributed by atoms with Crippen molar-refractivity contribution in [2.75, 3.05) is 30.7 Å².